The summed E-state index contributed by atoms with van der Waals surface area (Å²) in [4.78, 5) is 35.2. The van der Waals surface area contributed by atoms with Gasteiger partial charge in [-0.25, -0.2) is 14.7 Å². The number of ether oxygens (including phenoxy) is 1. The van der Waals surface area contributed by atoms with Crippen LogP contribution >= 0.6 is 0 Å². The van der Waals surface area contributed by atoms with Gasteiger partial charge in [0, 0.05) is 18.0 Å². The number of imide groups is 1. The fourth-order valence-electron chi connectivity index (χ4n) is 3.27. The molecule has 0 saturated carbocycles. The van der Waals surface area contributed by atoms with Crippen molar-refractivity contribution in [3.05, 3.63) is 65.9 Å². The molecular formula is C21H16F3N5O3. The summed E-state index contributed by atoms with van der Waals surface area (Å²) in [5.74, 6) is 0.0819. The molecule has 0 bridgehead atoms. The molecule has 2 aromatic carbocycles. The molecule has 0 unspecified atom stereocenters. The van der Waals surface area contributed by atoms with Crippen LogP contribution in [0.2, 0.25) is 0 Å². The Bertz CT molecular complexity index is 1220. The molecule has 1 aliphatic rings. The predicted molar refractivity (Wildman–Crippen MR) is 109 cm³/mol. The van der Waals surface area contributed by atoms with E-state index < -0.39 is 23.7 Å². The van der Waals surface area contributed by atoms with E-state index in [1.165, 1.54) is 36.5 Å². The van der Waals surface area contributed by atoms with Crippen LogP contribution in [-0.2, 0) is 11.0 Å². The Labute approximate surface area is 180 Å². The summed E-state index contributed by atoms with van der Waals surface area (Å²) in [5, 5.41) is 0. The lowest BCUT2D eigenvalue weighted by molar-refractivity contribution is -0.137. The molecule has 2 N–H and O–H groups in total. The average molecular weight is 443 g/mol. The maximum Gasteiger partial charge on any atom is 0.416 e. The number of benzene rings is 2. The van der Waals surface area contributed by atoms with Gasteiger partial charge in [0.2, 0.25) is 11.8 Å². The Balaban J connectivity index is 1.59. The van der Waals surface area contributed by atoms with Crippen molar-refractivity contribution in [2.24, 2.45) is 0 Å². The van der Waals surface area contributed by atoms with Crippen LogP contribution in [0.3, 0.4) is 0 Å². The summed E-state index contributed by atoms with van der Waals surface area (Å²) in [7, 11) is 0. The van der Waals surface area contributed by atoms with Gasteiger partial charge in [0.15, 0.2) is 0 Å². The number of alkyl halides is 3. The van der Waals surface area contributed by atoms with Gasteiger partial charge in [0.05, 0.1) is 11.3 Å². The molecule has 3 aromatic rings. The fourth-order valence-corrected chi connectivity index (χ4v) is 3.27. The summed E-state index contributed by atoms with van der Waals surface area (Å²) < 4.78 is 44.7. The zero-order valence-electron chi connectivity index (χ0n) is 16.6. The predicted octanol–water partition coefficient (Wildman–Crippen LogP) is 4.15. The monoisotopic (exact) mass is 443 g/mol. The molecule has 8 nitrogen and oxygen atoms in total. The van der Waals surface area contributed by atoms with Gasteiger partial charge in [-0.2, -0.15) is 18.2 Å². The largest absolute Gasteiger partial charge is 0.439 e. The number of nitrogen functional groups attached to an aromatic ring is 1. The molecule has 4 rings (SSSR count). The zero-order chi connectivity index (χ0) is 23.0. The molecule has 11 heteroatoms. The zero-order valence-corrected chi connectivity index (χ0v) is 16.6. The highest BCUT2D eigenvalue weighted by Gasteiger charge is 2.39. The first-order chi connectivity index (χ1) is 15.1. The van der Waals surface area contributed by atoms with Crippen molar-refractivity contribution in [3.63, 3.8) is 0 Å². The van der Waals surface area contributed by atoms with Gasteiger partial charge in [-0.1, -0.05) is 6.07 Å². The number of amides is 3. The second-order valence-corrected chi connectivity index (χ2v) is 6.95. The number of carbonyl (C=O) groups excluding carboxylic acids is 2. The summed E-state index contributed by atoms with van der Waals surface area (Å²) >= 11 is 0. The van der Waals surface area contributed by atoms with Crippen molar-refractivity contribution >= 4 is 29.3 Å². The van der Waals surface area contributed by atoms with E-state index in [0.717, 1.165) is 21.9 Å². The summed E-state index contributed by atoms with van der Waals surface area (Å²) in [6.07, 6.45) is -3.13. The van der Waals surface area contributed by atoms with Gasteiger partial charge >= 0.3 is 12.2 Å². The molecule has 2 heterocycles. The number of anilines is 3. The summed E-state index contributed by atoms with van der Waals surface area (Å²) in [5.41, 5.74) is 5.44. The summed E-state index contributed by atoms with van der Waals surface area (Å²) in [6, 6.07) is 9.70. The van der Waals surface area contributed by atoms with Crippen molar-refractivity contribution in [1.29, 1.82) is 0 Å². The average Bonchev–Trinajstić information content (AvgIpc) is 3.02. The molecule has 0 atom stereocenters. The minimum atomic E-state index is -4.57. The van der Waals surface area contributed by atoms with Crippen molar-refractivity contribution in [2.75, 3.05) is 22.1 Å². The number of halogens is 3. The van der Waals surface area contributed by atoms with Crippen LogP contribution in [0.15, 0.2) is 54.7 Å². The third kappa shape index (κ3) is 4.04. The van der Waals surface area contributed by atoms with Gasteiger partial charge in [0.1, 0.15) is 12.3 Å². The van der Waals surface area contributed by atoms with Crippen LogP contribution in [-0.4, -0.2) is 28.5 Å². The molecule has 1 aliphatic heterocycles. The lowest BCUT2D eigenvalue weighted by atomic mass is 10.1. The van der Waals surface area contributed by atoms with Gasteiger partial charge in [-0.3, -0.25) is 9.69 Å². The number of nitrogens with two attached hydrogens (primary N) is 1. The van der Waals surface area contributed by atoms with Crippen LogP contribution in [0.4, 0.5) is 35.3 Å². The second kappa shape index (κ2) is 7.84. The molecule has 0 radical (unpaired) electrons. The minimum absolute atomic E-state index is 0.0142. The van der Waals surface area contributed by atoms with E-state index in [2.05, 4.69) is 9.97 Å². The molecule has 32 heavy (non-hydrogen) atoms. The van der Waals surface area contributed by atoms with E-state index >= 15 is 0 Å². The number of hydrogen-bond acceptors (Lipinski definition) is 6. The van der Waals surface area contributed by atoms with Crippen molar-refractivity contribution in [1.82, 2.24) is 9.97 Å². The van der Waals surface area contributed by atoms with E-state index in [-0.39, 0.29) is 24.1 Å². The van der Waals surface area contributed by atoms with E-state index in [0.29, 0.717) is 17.0 Å². The SMILES string of the molecule is Cc1cc(Oc2ccnc(N)n2)ccc1N1C(=O)CN(c2cccc(C(F)(F)F)c2)C1=O. The molecule has 0 spiro atoms. The van der Waals surface area contributed by atoms with E-state index in [1.807, 2.05) is 0 Å². The Morgan fingerprint density at radius 2 is 1.88 bits per heavy atom. The Morgan fingerprint density at radius 3 is 2.56 bits per heavy atom. The lowest BCUT2D eigenvalue weighted by Gasteiger charge is -2.20. The van der Waals surface area contributed by atoms with Crippen LogP contribution in [0, 0.1) is 6.92 Å². The van der Waals surface area contributed by atoms with Crippen LogP contribution in [0.25, 0.3) is 0 Å². The molecule has 3 amide bonds. The number of rotatable bonds is 4. The molecular weight excluding hydrogens is 427 g/mol. The number of carbonyl (C=O) groups is 2. The lowest BCUT2D eigenvalue weighted by Crippen LogP contribution is -2.33. The molecule has 1 fully saturated rings. The normalized spacial score (nSPS) is 14.2. The number of aromatic nitrogens is 2. The smallest absolute Gasteiger partial charge is 0.416 e. The van der Waals surface area contributed by atoms with Gasteiger partial charge < -0.3 is 10.5 Å². The summed E-state index contributed by atoms with van der Waals surface area (Å²) in [6.45, 7) is 1.29. The third-order valence-electron chi connectivity index (χ3n) is 4.73. The van der Waals surface area contributed by atoms with Crippen LogP contribution in [0.1, 0.15) is 11.1 Å². The van der Waals surface area contributed by atoms with Crippen LogP contribution in [0.5, 0.6) is 11.6 Å². The van der Waals surface area contributed by atoms with Gasteiger partial charge in [-0.15, -0.1) is 0 Å². The fraction of sp³-hybridized carbons (Fsp3) is 0.143. The first-order valence-electron chi connectivity index (χ1n) is 9.32. The van der Waals surface area contributed by atoms with Gasteiger partial charge in [-0.05, 0) is 48.9 Å². The number of nitrogens with zero attached hydrogens (tertiary/aromatic N) is 4. The maximum atomic E-state index is 13.0. The van der Waals surface area contributed by atoms with Crippen molar-refractivity contribution in [2.45, 2.75) is 13.1 Å². The van der Waals surface area contributed by atoms with E-state index in [9.17, 15) is 22.8 Å². The highest BCUT2D eigenvalue weighted by atomic mass is 19.4. The van der Waals surface area contributed by atoms with Crippen molar-refractivity contribution in [3.8, 4) is 11.6 Å². The highest BCUT2D eigenvalue weighted by Crippen LogP contribution is 2.35. The third-order valence-corrected chi connectivity index (χ3v) is 4.73. The Hall–Kier alpha value is -4.15. The molecule has 164 valence electrons. The number of urea groups is 1. The molecule has 1 aromatic heterocycles. The first-order valence-corrected chi connectivity index (χ1v) is 9.32. The standard InChI is InChI=1S/C21H16F3N5O3/c1-12-9-15(32-17-7-8-26-19(25)27-17)5-6-16(12)29-18(30)11-28(20(29)31)14-4-2-3-13(10-14)21(22,23)24/h2-10H,11H2,1H3,(H2,25,26,27). The Kier molecular flexibility index (Phi) is 5.17. The number of hydrogen-bond donors (Lipinski definition) is 1. The highest BCUT2D eigenvalue weighted by molar-refractivity contribution is 6.27. The molecule has 0 aliphatic carbocycles. The second-order valence-electron chi connectivity index (χ2n) is 6.95. The quantitative estimate of drug-likeness (QED) is 0.608. The van der Waals surface area contributed by atoms with E-state index in [4.69, 9.17) is 10.5 Å². The minimum Gasteiger partial charge on any atom is -0.439 e. The van der Waals surface area contributed by atoms with E-state index in [1.54, 1.807) is 13.0 Å². The molecule has 1 saturated heterocycles. The topological polar surface area (TPSA) is 102 Å². The maximum absolute atomic E-state index is 13.0. The number of aryl methyl sites for hydroxylation is 1. The van der Waals surface area contributed by atoms with Crippen LogP contribution < -0.4 is 20.3 Å². The van der Waals surface area contributed by atoms with Gasteiger partial charge in [0.25, 0.3) is 5.91 Å². The van der Waals surface area contributed by atoms with Crippen molar-refractivity contribution < 1.29 is 27.5 Å². The first kappa shape index (κ1) is 21.1. The Morgan fingerprint density at radius 1 is 1.09 bits per heavy atom.